The maximum Gasteiger partial charge on any atom is 0.0647 e. The number of hydrogen-bond donors (Lipinski definition) is 0. The van der Waals surface area contributed by atoms with Gasteiger partial charge in [-0.25, -0.2) is 0 Å². The Bertz CT molecular complexity index is 228. The van der Waals surface area contributed by atoms with Gasteiger partial charge in [-0.15, -0.1) is 6.58 Å². The average Bonchev–Trinajstić information content (AvgIpc) is 2.40. The van der Waals surface area contributed by atoms with Crippen molar-refractivity contribution in [3.8, 4) is 0 Å². The van der Waals surface area contributed by atoms with Crippen LogP contribution in [0.1, 0.15) is 25.7 Å². The first-order chi connectivity index (χ1) is 7.93. The summed E-state index contributed by atoms with van der Waals surface area (Å²) in [5.41, 5.74) is 0. The molecule has 0 N–H and O–H groups in total. The first-order valence-electron chi connectivity index (χ1n) is 5.88. The molecule has 0 bridgehead atoms. The van der Waals surface area contributed by atoms with Gasteiger partial charge in [0, 0.05) is 38.8 Å². The fraction of sp³-hybridized carbons (Fsp3) is 0.400. The predicted molar refractivity (Wildman–Crippen MR) is 68.0 cm³/mol. The fourth-order valence-electron chi connectivity index (χ4n) is 1.61. The Labute approximate surface area is 131 Å². The molecule has 2 heteroatoms. The molecule has 1 aromatic carbocycles. The van der Waals surface area contributed by atoms with Gasteiger partial charge in [0.05, 0.1) is 6.61 Å². The molecule has 0 unspecified atom stereocenters. The van der Waals surface area contributed by atoms with Crippen molar-refractivity contribution in [1.29, 1.82) is 0 Å². The molecule has 1 saturated carbocycles. The fourth-order valence-corrected chi connectivity index (χ4v) is 1.61. The molecular formula is C15H20OY-2. The van der Waals surface area contributed by atoms with Crippen LogP contribution in [-0.4, -0.2) is 12.7 Å². The van der Waals surface area contributed by atoms with Gasteiger partial charge >= 0.3 is 0 Å². The predicted octanol–water partition coefficient (Wildman–Crippen LogP) is 3.82. The molecule has 1 aliphatic carbocycles. The van der Waals surface area contributed by atoms with Gasteiger partial charge < -0.3 is 11.2 Å². The van der Waals surface area contributed by atoms with E-state index in [1.54, 1.807) is 0 Å². The molecule has 0 spiro atoms. The van der Waals surface area contributed by atoms with Crippen LogP contribution in [0.3, 0.4) is 0 Å². The molecule has 0 amide bonds. The van der Waals surface area contributed by atoms with Crippen LogP contribution in [-0.2, 0) is 37.4 Å². The van der Waals surface area contributed by atoms with Gasteiger partial charge in [0.25, 0.3) is 0 Å². The van der Waals surface area contributed by atoms with E-state index in [-0.39, 0.29) is 32.7 Å². The van der Waals surface area contributed by atoms with E-state index in [4.69, 9.17) is 4.74 Å². The topological polar surface area (TPSA) is 9.23 Å². The third kappa shape index (κ3) is 9.70. The molecule has 0 aliphatic heterocycles. The minimum atomic E-state index is 0. The van der Waals surface area contributed by atoms with Crippen LogP contribution in [0.5, 0.6) is 0 Å². The standard InChI is InChI=1S/C9H15O.C6H5.Y/c1-2-8-10-9-6-4-3-5-7-9;1-2-4-6-5-3-1;/h2,4,9H,1,3,5-8H2;1-5H;/q2*-1;/t9-;;/m1../s1. The normalized spacial score (nSPS) is 18.2. The van der Waals surface area contributed by atoms with Gasteiger partial charge in [-0.2, -0.15) is 49.2 Å². The Morgan fingerprint density at radius 3 is 2.53 bits per heavy atom. The summed E-state index contributed by atoms with van der Waals surface area (Å²) in [5.74, 6) is 0. The van der Waals surface area contributed by atoms with E-state index in [1.807, 2.05) is 36.4 Å². The Balaban J connectivity index is 0.000000316. The van der Waals surface area contributed by atoms with E-state index >= 15 is 0 Å². The molecule has 1 radical (unpaired) electrons. The molecule has 2 rings (SSSR count). The van der Waals surface area contributed by atoms with Crippen molar-refractivity contribution >= 4 is 0 Å². The molecule has 1 aliphatic rings. The smallest absolute Gasteiger partial charge is 0.0647 e. The summed E-state index contributed by atoms with van der Waals surface area (Å²) >= 11 is 0. The summed E-state index contributed by atoms with van der Waals surface area (Å²) in [5, 5.41) is 0. The Morgan fingerprint density at radius 2 is 2.12 bits per heavy atom. The van der Waals surface area contributed by atoms with Crippen LogP contribution >= 0.6 is 0 Å². The van der Waals surface area contributed by atoms with Crippen molar-refractivity contribution in [2.75, 3.05) is 6.61 Å². The molecule has 1 atom stereocenters. The van der Waals surface area contributed by atoms with Crippen LogP contribution in [0.15, 0.2) is 43.0 Å². The zero-order valence-electron chi connectivity index (χ0n) is 10.3. The first kappa shape index (κ1) is 17.0. The van der Waals surface area contributed by atoms with Crippen LogP contribution in [0, 0.1) is 12.5 Å². The van der Waals surface area contributed by atoms with E-state index < -0.39 is 0 Å². The van der Waals surface area contributed by atoms with Crippen LogP contribution in [0.4, 0.5) is 0 Å². The second-order valence-electron chi connectivity index (χ2n) is 3.78. The van der Waals surface area contributed by atoms with E-state index in [1.165, 1.54) is 19.3 Å². The Morgan fingerprint density at radius 1 is 1.35 bits per heavy atom. The Kier molecular flexibility index (Phi) is 12.5. The molecule has 17 heavy (non-hydrogen) atoms. The second kappa shape index (κ2) is 12.5. The minimum absolute atomic E-state index is 0. The Hall–Kier alpha value is 0.0239. The number of rotatable bonds is 3. The molecule has 1 fully saturated rings. The van der Waals surface area contributed by atoms with Crippen LogP contribution in [0.25, 0.3) is 0 Å². The number of hydrogen-bond acceptors (Lipinski definition) is 1. The van der Waals surface area contributed by atoms with Crippen LogP contribution < -0.4 is 0 Å². The molecule has 91 valence electrons. The maximum atomic E-state index is 5.48. The van der Waals surface area contributed by atoms with Crippen molar-refractivity contribution in [3.63, 3.8) is 0 Å². The van der Waals surface area contributed by atoms with Gasteiger partial charge in [0.2, 0.25) is 0 Å². The SMILES string of the molecule is C=CCO[C@@H]1C[CH-]CCC1.[Y].[c-]1ccccc1. The van der Waals surface area contributed by atoms with Gasteiger partial charge in [-0.1, -0.05) is 12.5 Å². The number of benzene rings is 1. The summed E-state index contributed by atoms with van der Waals surface area (Å²) in [6, 6.07) is 12.5. The summed E-state index contributed by atoms with van der Waals surface area (Å²) < 4.78 is 5.48. The van der Waals surface area contributed by atoms with Crippen molar-refractivity contribution in [2.45, 2.75) is 31.8 Å². The summed E-state index contributed by atoms with van der Waals surface area (Å²) in [4.78, 5) is 0. The summed E-state index contributed by atoms with van der Waals surface area (Å²) in [6.07, 6.45) is 9.53. The molecular weight excluding hydrogens is 285 g/mol. The molecule has 0 saturated heterocycles. The zero-order valence-corrected chi connectivity index (χ0v) is 13.2. The van der Waals surface area contributed by atoms with Gasteiger partial charge in [-0.05, 0) is 6.42 Å². The monoisotopic (exact) mass is 305 g/mol. The molecule has 0 aromatic heterocycles. The van der Waals surface area contributed by atoms with E-state index in [0.29, 0.717) is 12.7 Å². The van der Waals surface area contributed by atoms with Crippen molar-refractivity contribution in [1.82, 2.24) is 0 Å². The van der Waals surface area contributed by atoms with Crippen molar-refractivity contribution in [3.05, 3.63) is 55.5 Å². The maximum absolute atomic E-state index is 5.48. The first-order valence-corrected chi connectivity index (χ1v) is 5.88. The largest absolute Gasteiger partial charge is 0.377 e. The summed E-state index contributed by atoms with van der Waals surface area (Å²) in [7, 11) is 0. The third-order valence-electron chi connectivity index (χ3n) is 2.42. The zero-order chi connectivity index (χ0) is 11.5. The van der Waals surface area contributed by atoms with Gasteiger partial charge in [0.1, 0.15) is 0 Å². The molecule has 1 nitrogen and oxygen atoms in total. The van der Waals surface area contributed by atoms with Gasteiger partial charge in [-0.3, -0.25) is 0 Å². The summed E-state index contributed by atoms with van der Waals surface area (Å²) in [6.45, 7) is 4.32. The van der Waals surface area contributed by atoms with E-state index in [0.717, 1.165) is 6.42 Å². The number of ether oxygens (including phenoxy) is 1. The van der Waals surface area contributed by atoms with Gasteiger partial charge in [0.15, 0.2) is 0 Å². The second-order valence-corrected chi connectivity index (χ2v) is 3.78. The van der Waals surface area contributed by atoms with Crippen LogP contribution in [0.2, 0.25) is 0 Å². The van der Waals surface area contributed by atoms with Crippen molar-refractivity contribution < 1.29 is 37.4 Å². The van der Waals surface area contributed by atoms with E-state index in [9.17, 15) is 0 Å². The average molecular weight is 305 g/mol. The van der Waals surface area contributed by atoms with E-state index in [2.05, 4.69) is 19.1 Å². The third-order valence-corrected chi connectivity index (χ3v) is 2.42. The molecule has 1 aromatic rings. The quantitative estimate of drug-likeness (QED) is 0.609. The minimum Gasteiger partial charge on any atom is -0.377 e. The molecule has 0 heterocycles. The van der Waals surface area contributed by atoms with Crippen molar-refractivity contribution in [2.24, 2.45) is 0 Å².